The smallest absolute Gasteiger partial charge is 0.339 e. The first kappa shape index (κ1) is 15.6. The third-order valence-electron chi connectivity index (χ3n) is 2.23. The summed E-state index contributed by atoms with van der Waals surface area (Å²) in [6, 6.07) is 4.93. The van der Waals surface area contributed by atoms with Crippen LogP contribution in [-0.2, 0) is 9.47 Å². The molecule has 0 saturated carbocycles. The van der Waals surface area contributed by atoms with Gasteiger partial charge in [-0.2, -0.15) is 0 Å². The molecule has 0 aromatic heterocycles. The van der Waals surface area contributed by atoms with Crippen LogP contribution in [0.5, 0.6) is 0 Å². The summed E-state index contributed by atoms with van der Waals surface area (Å²) < 4.78 is 9.36. The monoisotopic (exact) mass is 282 g/mol. The number of hydrogen-bond donors (Lipinski definition) is 0. The predicted molar refractivity (Wildman–Crippen MR) is 74.7 cm³/mol. The molecule has 0 spiro atoms. The maximum absolute atomic E-state index is 11.8. The summed E-state index contributed by atoms with van der Waals surface area (Å²) in [6.07, 6.45) is 0. The van der Waals surface area contributed by atoms with Crippen LogP contribution in [0.15, 0.2) is 23.1 Å². The van der Waals surface area contributed by atoms with Gasteiger partial charge in [-0.1, -0.05) is 26.8 Å². The minimum absolute atomic E-state index is 0.146. The number of rotatable bonds is 3. The molecule has 5 heteroatoms. The van der Waals surface area contributed by atoms with Gasteiger partial charge >= 0.3 is 11.9 Å². The zero-order valence-corrected chi connectivity index (χ0v) is 12.6. The molecule has 0 aliphatic carbocycles. The number of benzene rings is 1. The summed E-state index contributed by atoms with van der Waals surface area (Å²) in [5, 5.41) is 0. The second-order valence-corrected chi connectivity index (χ2v) is 6.72. The Bertz CT molecular complexity index is 454. The lowest BCUT2D eigenvalue weighted by atomic mass is 10.1. The SMILES string of the molecule is COC(=O)c1cccc(C(=O)OC)c1SC(C)(C)C. The van der Waals surface area contributed by atoms with Gasteiger partial charge in [0.2, 0.25) is 0 Å². The predicted octanol–water partition coefficient (Wildman–Crippen LogP) is 3.15. The molecular weight excluding hydrogens is 264 g/mol. The fraction of sp³-hybridized carbons (Fsp3) is 0.429. The average molecular weight is 282 g/mol. The molecule has 0 unspecified atom stereocenters. The highest BCUT2D eigenvalue weighted by Gasteiger charge is 2.24. The van der Waals surface area contributed by atoms with Gasteiger partial charge in [0.1, 0.15) is 0 Å². The van der Waals surface area contributed by atoms with Crippen molar-refractivity contribution >= 4 is 23.7 Å². The third kappa shape index (κ3) is 3.99. The lowest BCUT2D eigenvalue weighted by Crippen LogP contribution is -2.14. The highest BCUT2D eigenvalue weighted by molar-refractivity contribution is 8.00. The molecule has 1 rings (SSSR count). The van der Waals surface area contributed by atoms with Gasteiger partial charge in [-0.3, -0.25) is 0 Å². The Hall–Kier alpha value is -1.49. The van der Waals surface area contributed by atoms with Crippen molar-refractivity contribution in [2.24, 2.45) is 0 Å². The number of esters is 2. The molecule has 0 fully saturated rings. The Morgan fingerprint density at radius 3 is 1.74 bits per heavy atom. The first-order valence-corrected chi connectivity index (χ1v) is 6.60. The molecule has 0 aliphatic heterocycles. The summed E-state index contributed by atoms with van der Waals surface area (Å²) in [4.78, 5) is 24.2. The normalized spacial score (nSPS) is 11.0. The van der Waals surface area contributed by atoms with Crippen molar-refractivity contribution in [2.75, 3.05) is 14.2 Å². The summed E-state index contributed by atoms with van der Waals surface area (Å²) >= 11 is 1.44. The van der Waals surface area contributed by atoms with Crippen molar-refractivity contribution in [3.8, 4) is 0 Å². The van der Waals surface area contributed by atoms with Crippen molar-refractivity contribution in [2.45, 2.75) is 30.4 Å². The standard InChI is InChI=1S/C14H18O4S/c1-14(2,3)19-11-9(12(15)17-4)7-6-8-10(11)13(16)18-5/h6-8H,1-5H3. The second kappa shape index (κ2) is 6.10. The maximum Gasteiger partial charge on any atom is 0.339 e. The number of hydrogen-bond acceptors (Lipinski definition) is 5. The van der Waals surface area contributed by atoms with E-state index in [0.717, 1.165) is 0 Å². The van der Waals surface area contributed by atoms with Crippen LogP contribution in [0.4, 0.5) is 0 Å². The number of ether oxygens (including phenoxy) is 2. The van der Waals surface area contributed by atoms with E-state index >= 15 is 0 Å². The van der Waals surface area contributed by atoms with Gasteiger partial charge in [-0.25, -0.2) is 9.59 Å². The average Bonchev–Trinajstić information content (AvgIpc) is 2.35. The van der Waals surface area contributed by atoms with Crippen molar-refractivity contribution in [1.29, 1.82) is 0 Å². The van der Waals surface area contributed by atoms with Gasteiger partial charge in [0, 0.05) is 9.64 Å². The number of carbonyl (C=O) groups excluding carboxylic acids is 2. The molecule has 0 bridgehead atoms. The topological polar surface area (TPSA) is 52.6 Å². The van der Waals surface area contributed by atoms with Crippen molar-refractivity contribution in [1.82, 2.24) is 0 Å². The molecule has 0 radical (unpaired) electrons. The van der Waals surface area contributed by atoms with E-state index < -0.39 is 11.9 Å². The Kier molecular flexibility index (Phi) is 5.00. The van der Waals surface area contributed by atoms with Gasteiger partial charge < -0.3 is 9.47 Å². The molecule has 1 aromatic carbocycles. The molecule has 0 N–H and O–H groups in total. The van der Waals surface area contributed by atoms with Crippen molar-refractivity contribution < 1.29 is 19.1 Å². The van der Waals surface area contributed by atoms with Crippen LogP contribution in [-0.4, -0.2) is 30.9 Å². The summed E-state index contributed by atoms with van der Waals surface area (Å²) in [5.74, 6) is -0.921. The van der Waals surface area contributed by atoms with Crippen molar-refractivity contribution in [3.63, 3.8) is 0 Å². The summed E-state index contributed by atoms with van der Waals surface area (Å²) in [6.45, 7) is 6.02. The lowest BCUT2D eigenvalue weighted by Gasteiger charge is -2.21. The fourth-order valence-corrected chi connectivity index (χ4v) is 2.63. The fourth-order valence-electron chi connectivity index (χ4n) is 1.49. The van der Waals surface area contributed by atoms with Crippen LogP contribution in [0.3, 0.4) is 0 Å². The molecule has 0 aliphatic rings. The molecule has 0 amide bonds. The molecule has 1 aromatic rings. The Labute approximate surface area is 117 Å². The van der Waals surface area contributed by atoms with Crippen LogP contribution in [0.1, 0.15) is 41.5 Å². The second-order valence-electron chi connectivity index (χ2n) is 4.88. The number of thioether (sulfide) groups is 1. The van der Waals surface area contributed by atoms with E-state index in [1.54, 1.807) is 18.2 Å². The Balaban J connectivity index is 3.40. The highest BCUT2D eigenvalue weighted by atomic mass is 32.2. The Morgan fingerprint density at radius 2 is 1.42 bits per heavy atom. The van der Waals surface area contributed by atoms with E-state index in [2.05, 4.69) is 0 Å². The quantitative estimate of drug-likeness (QED) is 0.629. The summed E-state index contributed by atoms with van der Waals surface area (Å²) in [5.41, 5.74) is 0.760. The minimum Gasteiger partial charge on any atom is -0.465 e. The van der Waals surface area contributed by atoms with Crippen LogP contribution in [0.25, 0.3) is 0 Å². The summed E-state index contributed by atoms with van der Waals surface area (Å²) in [7, 11) is 2.64. The van der Waals surface area contributed by atoms with Crippen LogP contribution in [0.2, 0.25) is 0 Å². The molecular formula is C14H18O4S. The first-order valence-electron chi connectivity index (χ1n) is 5.79. The van der Waals surface area contributed by atoms with Gasteiger partial charge in [0.15, 0.2) is 0 Å². The zero-order valence-electron chi connectivity index (χ0n) is 11.8. The van der Waals surface area contributed by atoms with E-state index in [4.69, 9.17) is 9.47 Å². The van der Waals surface area contributed by atoms with E-state index in [-0.39, 0.29) is 4.75 Å². The van der Waals surface area contributed by atoms with Gasteiger partial charge in [0.25, 0.3) is 0 Å². The van der Waals surface area contributed by atoms with Crippen LogP contribution >= 0.6 is 11.8 Å². The zero-order chi connectivity index (χ0) is 14.6. The molecule has 104 valence electrons. The molecule has 19 heavy (non-hydrogen) atoms. The number of methoxy groups -OCH3 is 2. The largest absolute Gasteiger partial charge is 0.465 e. The first-order chi connectivity index (χ1) is 8.80. The van der Waals surface area contributed by atoms with Gasteiger partial charge in [-0.15, -0.1) is 11.8 Å². The third-order valence-corrected chi connectivity index (χ3v) is 3.49. The molecule has 0 atom stereocenters. The van der Waals surface area contributed by atoms with Gasteiger partial charge in [-0.05, 0) is 12.1 Å². The van der Waals surface area contributed by atoms with E-state index in [9.17, 15) is 9.59 Å². The van der Waals surface area contributed by atoms with E-state index in [1.807, 2.05) is 20.8 Å². The van der Waals surface area contributed by atoms with Crippen LogP contribution in [0, 0.1) is 0 Å². The molecule has 0 heterocycles. The van der Waals surface area contributed by atoms with E-state index in [0.29, 0.717) is 16.0 Å². The lowest BCUT2D eigenvalue weighted by molar-refractivity contribution is 0.0591. The van der Waals surface area contributed by atoms with Crippen LogP contribution < -0.4 is 0 Å². The highest BCUT2D eigenvalue weighted by Crippen LogP contribution is 2.37. The Morgan fingerprint density at radius 1 is 1.00 bits per heavy atom. The van der Waals surface area contributed by atoms with E-state index in [1.165, 1.54) is 26.0 Å². The van der Waals surface area contributed by atoms with Crippen molar-refractivity contribution in [3.05, 3.63) is 29.3 Å². The maximum atomic E-state index is 11.8. The van der Waals surface area contributed by atoms with Gasteiger partial charge in [0.05, 0.1) is 25.3 Å². The molecule has 4 nitrogen and oxygen atoms in total. The molecule has 0 saturated heterocycles. The minimum atomic E-state index is -0.461. The number of carbonyl (C=O) groups is 2.